The Hall–Kier alpha value is -3.67. The van der Waals surface area contributed by atoms with E-state index in [0.717, 1.165) is 42.7 Å². The maximum absolute atomic E-state index is 12.6. The molecule has 1 aliphatic rings. The molecular formula is C24H23N5O. The number of rotatable bonds is 4. The van der Waals surface area contributed by atoms with Gasteiger partial charge in [-0.15, -0.1) is 0 Å². The van der Waals surface area contributed by atoms with Crippen molar-refractivity contribution in [2.45, 2.75) is 18.9 Å². The van der Waals surface area contributed by atoms with Crippen LogP contribution < -0.4 is 5.32 Å². The van der Waals surface area contributed by atoms with Crippen LogP contribution in [0.5, 0.6) is 0 Å². The van der Waals surface area contributed by atoms with Gasteiger partial charge in [0.05, 0.1) is 0 Å². The second-order valence-electron chi connectivity index (χ2n) is 7.62. The smallest absolute Gasteiger partial charge is 0.253 e. The van der Waals surface area contributed by atoms with E-state index in [0.29, 0.717) is 11.6 Å². The summed E-state index contributed by atoms with van der Waals surface area (Å²) in [5, 5.41) is 4.75. The number of H-pyrrole nitrogens is 1. The van der Waals surface area contributed by atoms with Crippen molar-refractivity contribution in [1.82, 2.24) is 19.9 Å². The summed E-state index contributed by atoms with van der Waals surface area (Å²) in [6.07, 6.45) is 8.96. The van der Waals surface area contributed by atoms with E-state index in [1.165, 1.54) is 11.1 Å². The molecule has 1 amide bonds. The Morgan fingerprint density at radius 1 is 0.967 bits per heavy atom. The van der Waals surface area contributed by atoms with Crippen molar-refractivity contribution in [3.8, 4) is 11.1 Å². The van der Waals surface area contributed by atoms with Crippen LogP contribution >= 0.6 is 0 Å². The molecule has 1 fully saturated rings. The monoisotopic (exact) mass is 397 g/mol. The van der Waals surface area contributed by atoms with Gasteiger partial charge in [0, 0.05) is 60.6 Å². The lowest BCUT2D eigenvalue weighted by Gasteiger charge is -2.33. The van der Waals surface area contributed by atoms with Crippen LogP contribution in [0.25, 0.3) is 22.2 Å². The maximum atomic E-state index is 12.6. The van der Waals surface area contributed by atoms with Crippen molar-refractivity contribution in [3.63, 3.8) is 0 Å². The largest absolute Gasteiger partial charge is 0.382 e. The summed E-state index contributed by atoms with van der Waals surface area (Å²) in [6, 6.07) is 16.6. The Morgan fingerprint density at radius 2 is 1.73 bits per heavy atom. The molecule has 1 aromatic carbocycles. The first kappa shape index (κ1) is 18.4. The minimum atomic E-state index is 0.0913. The van der Waals surface area contributed by atoms with Crippen LogP contribution in [0.2, 0.25) is 0 Å². The number of pyridine rings is 2. The Balaban J connectivity index is 1.21. The molecule has 6 heteroatoms. The van der Waals surface area contributed by atoms with E-state index < -0.39 is 0 Å². The van der Waals surface area contributed by atoms with Gasteiger partial charge in [-0.2, -0.15) is 0 Å². The van der Waals surface area contributed by atoms with Crippen molar-refractivity contribution in [1.29, 1.82) is 0 Å². The number of fused-ring (bicyclic) bond motifs is 1. The fraction of sp³-hybridized carbons (Fsp3) is 0.208. The summed E-state index contributed by atoms with van der Waals surface area (Å²) in [5.41, 5.74) is 5.07. The molecule has 0 atom stereocenters. The van der Waals surface area contributed by atoms with E-state index >= 15 is 0 Å². The van der Waals surface area contributed by atoms with E-state index in [4.69, 9.17) is 0 Å². The fourth-order valence-electron chi connectivity index (χ4n) is 4.10. The van der Waals surface area contributed by atoms with Gasteiger partial charge in [-0.05, 0) is 60.4 Å². The summed E-state index contributed by atoms with van der Waals surface area (Å²) in [4.78, 5) is 26.0. The third-order valence-electron chi connectivity index (χ3n) is 5.74. The van der Waals surface area contributed by atoms with Gasteiger partial charge in [-0.25, -0.2) is 4.98 Å². The lowest BCUT2D eigenvalue weighted by molar-refractivity contribution is 0.0718. The minimum absolute atomic E-state index is 0.0913. The quantitative estimate of drug-likeness (QED) is 0.537. The predicted octanol–water partition coefficient (Wildman–Crippen LogP) is 4.34. The van der Waals surface area contributed by atoms with Crippen molar-refractivity contribution in [2.75, 3.05) is 18.4 Å². The molecule has 0 aliphatic carbocycles. The number of aromatic nitrogens is 3. The van der Waals surface area contributed by atoms with E-state index in [1.54, 1.807) is 24.5 Å². The molecule has 2 N–H and O–H groups in total. The van der Waals surface area contributed by atoms with Gasteiger partial charge in [0.15, 0.2) is 0 Å². The van der Waals surface area contributed by atoms with Gasteiger partial charge in [-0.1, -0.05) is 12.1 Å². The number of carbonyl (C=O) groups is 1. The van der Waals surface area contributed by atoms with Crippen molar-refractivity contribution >= 4 is 22.6 Å². The number of amides is 1. The number of aromatic amines is 1. The van der Waals surface area contributed by atoms with Gasteiger partial charge in [-0.3, -0.25) is 9.78 Å². The van der Waals surface area contributed by atoms with Crippen LogP contribution in [0.3, 0.4) is 0 Å². The molecule has 0 bridgehead atoms. The highest BCUT2D eigenvalue weighted by molar-refractivity contribution is 5.94. The summed E-state index contributed by atoms with van der Waals surface area (Å²) >= 11 is 0. The molecular weight excluding hydrogens is 374 g/mol. The number of piperidine rings is 1. The number of hydrogen-bond donors (Lipinski definition) is 2. The number of carbonyl (C=O) groups excluding carboxylic acids is 1. The zero-order valence-electron chi connectivity index (χ0n) is 16.6. The molecule has 0 unspecified atom stereocenters. The molecule has 6 nitrogen and oxygen atoms in total. The Labute approximate surface area is 175 Å². The normalized spacial score (nSPS) is 14.7. The van der Waals surface area contributed by atoms with E-state index in [9.17, 15) is 4.79 Å². The molecule has 0 saturated carbocycles. The van der Waals surface area contributed by atoms with Gasteiger partial charge < -0.3 is 15.2 Å². The van der Waals surface area contributed by atoms with Crippen molar-refractivity contribution < 1.29 is 4.79 Å². The number of nitrogens with zero attached hydrogens (tertiary/aromatic N) is 3. The standard InChI is InChI=1S/C24H23N5O/c30-24(18-5-11-25-12-6-18)29-15-9-20(10-16-29)28-19-3-1-17(2-4-19)21-7-13-26-23-22(21)8-14-27-23/h1-8,11-14,20,28H,9-10,15-16H2,(H,26,27). The number of likely N-dealkylation sites (tertiary alicyclic amines) is 1. The summed E-state index contributed by atoms with van der Waals surface area (Å²) in [5.74, 6) is 0.0913. The second kappa shape index (κ2) is 7.99. The van der Waals surface area contributed by atoms with Crippen LogP contribution in [0, 0.1) is 0 Å². The fourth-order valence-corrected chi connectivity index (χ4v) is 4.10. The van der Waals surface area contributed by atoms with Crippen LogP contribution in [-0.2, 0) is 0 Å². The zero-order chi connectivity index (χ0) is 20.3. The summed E-state index contributed by atoms with van der Waals surface area (Å²) in [6.45, 7) is 1.53. The molecule has 0 radical (unpaired) electrons. The molecule has 150 valence electrons. The SMILES string of the molecule is O=C(c1ccncc1)N1CCC(Nc2ccc(-c3ccnc4[nH]ccc34)cc2)CC1. The Bertz CT molecular complexity index is 1150. The van der Waals surface area contributed by atoms with Crippen LogP contribution in [0.1, 0.15) is 23.2 Å². The lowest BCUT2D eigenvalue weighted by Crippen LogP contribution is -2.42. The third kappa shape index (κ3) is 3.64. The molecule has 4 aromatic rings. The molecule has 3 aromatic heterocycles. The van der Waals surface area contributed by atoms with Gasteiger partial charge in [0.1, 0.15) is 5.65 Å². The topological polar surface area (TPSA) is 73.9 Å². The average molecular weight is 397 g/mol. The molecule has 4 heterocycles. The summed E-state index contributed by atoms with van der Waals surface area (Å²) in [7, 11) is 0. The molecule has 5 rings (SSSR count). The van der Waals surface area contributed by atoms with Gasteiger partial charge in [0.2, 0.25) is 0 Å². The maximum Gasteiger partial charge on any atom is 0.253 e. The number of hydrogen-bond acceptors (Lipinski definition) is 4. The Morgan fingerprint density at radius 3 is 2.50 bits per heavy atom. The first-order valence-corrected chi connectivity index (χ1v) is 10.3. The molecule has 1 aliphatic heterocycles. The van der Waals surface area contributed by atoms with Gasteiger partial charge >= 0.3 is 0 Å². The van der Waals surface area contributed by atoms with Crippen LogP contribution in [-0.4, -0.2) is 44.9 Å². The van der Waals surface area contributed by atoms with Crippen LogP contribution in [0.4, 0.5) is 5.69 Å². The first-order chi connectivity index (χ1) is 14.8. The first-order valence-electron chi connectivity index (χ1n) is 10.3. The van der Waals surface area contributed by atoms with E-state index in [2.05, 4.69) is 50.6 Å². The number of benzene rings is 1. The lowest BCUT2D eigenvalue weighted by atomic mass is 10.0. The highest BCUT2D eigenvalue weighted by atomic mass is 16.2. The highest BCUT2D eigenvalue weighted by Gasteiger charge is 2.23. The minimum Gasteiger partial charge on any atom is -0.382 e. The molecule has 30 heavy (non-hydrogen) atoms. The summed E-state index contributed by atoms with van der Waals surface area (Å²) < 4.78 is 0. The number of anilines is 1. The predicted molar refractivity (Wildman–Crippen MR) is 118 cm³/mol. The zero-order valence-corrected chi connectivity index (χ0v) is 16.6. The Kier molecular flexibility index (Phi) is 4.89. The van der Waals surface area contributed by atoms with E-state index in [-0.39, 0.29) is 5.91 Å². The molecule has 1 saturated heterocycles. The van der Waals surface area contributed by atoms with Crippen LogP contribution in [0.15, 0.2) is 73.3 Å². The highest BCUT2D eigenvalue weighted by Crippen LogP contribution is 2.28. The number of nitrogens with one attached hydrogen (secondary N) is 2. The third-order valence-corrected chi connectivity index (χ3v) is 5.74. The average Bonchev–Trinajstić information content (AvgIpc) is 3.29. The van der Waals surface area contributed by atoms with Gasteiger partial charge in [0.25, 0.3) is 5.91 Å². The van der Waals surface area contributed by atoms with Crippen molar-refractivity contribution in [2.24, 2.45) is 0 Å². The van der Waals surface area contributed by atoms with E-state index in [1.807, 2.05) is 23.4 Å². The van der Waals surface area contributed by atoms with Crippen molar-refractivity contribution in [3.05, 3.63) is 78.9 Å². The second-order valence-corrected chi connectivity index (χ2v) is 7.62. The molecule has 0 spiro atoms.